The maximum Gasteiger partial charge on any atom is 0.345 e. The number of allylic oxidation sites excluding steroid dienone is 1. The van der Waals surface area contributed by atoms with Gasteiger partial charge in [0.1, 0.15) is 22.2 Å². The lowest BCUT2D eigenvalue weighted by Gasteiger charge is -2.04. The Morgan fingerprint density at radius 3 is 2.73 bits per heavy atom. The number of fused-ring (bicyclic) bond motifs is 3. The van der Waals surface area contributed by atoms with Crippen LogP contribution in [0.4, 0.5) is 5.69 Å². The quantitative estimate of drug-likeness (QED) is 0.186. The topological polar surface area (TPSA) is 78.9 Å². The van der Waals surface area contributed by atoms with Crippen LogP contribution in [0.2, 0.25) is 0 Å². The summed E-state index contributed by atoms with van der Waals surface area (Å²) in [7, 11) is 0. The van der Waals surface area contributed by atoms with Gasteiger partial charge < -0.3 is 9.73 Å². The Hall–Kier alpha value is -4.21. The number of thiazole rings is 1. The fourth-order valence-corrected chi connectivity index (χ4v) is 4.49. The van der Waals surface area contributed by atoms with Crippen LogP contribution in [0.15, 0.2) is 87.5 Å². The molecule has 0 radical (unpaired) electrons. The maximum absolute atomic E-state index is 12.7. The summed E-state index contributed by atoms with van der Waals surface area (Å²) in [5.74, 6) is 0. The molecule has 5 aromatic rings. The number of hydrogen-bond acceptors (Lipinski definition) is 6. The van der Waals surface area contributed by atoms with Gasteiger partial charge in [-0.1, -0.05) is 49.4 Å². The van der Waals surface area contributed by atoms with E-state index in [9.17, 15) is 10.1 Å². The molecular weight excluding hydrogens is 430 g/mol. The van der Waals surface area contributed by atoms with Crippen molar-refractivity contribution in [2.45, 2.75) is 13.3 Å². The second kappa shape index (κ2) is 8.73. The van der Waals surface area contributed by atoms with Crippen molar-refractivity contribution in [2.75, 3.05) is 5.32 Å². The van der Waals surface area contributed by atoms with E-state index in [1.54, 1.807) is 11.6 Å². The molecule has 0 aliphatic carbocycles. The number of aromatic nitrogens is 1. The Bertz CT molecular complexity index is 1610. The van der Waals surface area contributed by atoms with Gasteiger partial charge in [0.15, 0.2) is 0 Å². The molecule has 33 heavy (non-hydrogen) atoms. The lowest BCUT2D eigenvalue weighted by Crippen LogP contribution is -2.03. The number of aryl methyl sites for hydroxylation is 1. The van der Waals surface area contributed by atoms with Crippen LogP contribution >= 0.6 is 11.3 Å². The Labute approximate surface area is 194 Å². The van der Waals surface area contributed by atoms with Crippen molar-refractivity contribution >= 4 is 44.3 Å². The summed E-state index contributed by atoms with van der Waals surface area (Å²) in [5, 5.41) is 18.0. The zero-order valence-electron chi connectivity index (χ0n) is 17.8. The van der Waals surface area contributed by atoms with Crippen LogP contribution in [0.1, 0.15) is 17.5 Å². The first-order valence-corrected chi connectivity index (χ1v) is 11.4. The average molecular weight is 450 g/mol. The van der Waals surface area contributed by atoms with Crippen LogP contribution in [0, 0.1) is 11.3 Å². The molecule has 5 nitrogen and oxygen atoms in total. The van der Waals surface area contributed by atoms with Gasteiger partial charge in [0.2, 0.25) is 0 Å². The van der Waals surface area contributed by atoms with E-state index in [4.69, 9.17) is 4.42 Å². The van der Waals surface area contributed by atoms with Crippen molar-refractivity contribution < 1.29 is 4.42 Å². The number of rotatable bonds is 5. The van der Waals surface area contributed by atoms with E-state index in [0.29, 0.717) is 27.4 Å². The molecule has 0 aliphatic heterocycles. The number of nitrogens with zero attached hydrogens (tertiary/aromatic N) is 2. The second-order valence-electron chi connectivity index (χ2n) is 7.55. The molecule has 0 aliphatic rings. The number of hydrogen-bond donors (Lipinski definition) is 1. The molecule has 0 unspecified atom stereocenters. The third-order valence-electron chi connectivity index (χ3n) is 5.52. The van der Waals surface area contributed by atoms with Gasteiger partial charge in [-0.05, 0) is 47.0 Å². The summed E-state index contributed by atoms with van der Waals surface area (Å²) in [6.07, 6.45) is 2.61. The predicted molar refractivity (Wildman–Crippen MR) is 134 cm³/mol. The van der Waals surface area contributed by atoms with Crippen molar-refractivity contribution in [3.05, 3.63) is 99.3 Å². The smallest absolute Gasteiger partial charge is 0.345 e. The molecule has 0 atom stereocenters. The van der Waals surface area contributed by atoms with E-state index in [-0.39, 0.29) is 0 Å². The van der Waals surface area contributed by atoms with Gasteiger partial charge in [-0.15, -0.1) is 11.3 Å². The number of anilines is 1. The minimum atomic E-state index is -0.453. The highest BCUT2D eigenvalue weighted by Crippen LogP contribution is 2.30. The van der Waals surface area contributed by atoms with Crippen LogP contribution in [-0.2, 0) is 6.42 Å². The number of benzene rings is 3. The molecule has 1 N–H and O–H groups in total. The highest BCUT2D eigenvalue weighted by Gasteiger charge is 2.15. The Morgan fingerprint density at radius 2 is 1.94 bits per heavy atom. The van der Waals surface area contributed by atoms with E-state index in [0.717, 1.165) is 28.3 Å². The Kier molecular flexibility index (Phi) is 5.47. The highest BCUT2D eigenvalue weighted by atomic mass is 32.1. The summed E-state index contributed by atoms with van der Waals surface area (Å²) < 4.78 is 5.59. The third-order valence-corrected chi connectivity index (χ3v) is 6.39. The summed E-state index contributed by atoms with van der Waals surface area (Å²) in [6.45, 7) is 2.11. The van der Waals surface area contributed by atoms with Gasteiger partial charge in [-0.2, -0.15) is 5.26 Å². The van der Waals surface area contributed by atoms with Crippen molar-refractivity contribution in [1.82, 2.24) is 4.98 Å². The zero-order chi connectivity index (χ0) is 22.8. The highest BCUT2D eigenvalue weighted by molar-refractivity contribution is 7.11. The van der Waals surface area contributed by atoms with E-state index in [1.165, 1.54) is 16.9 Å². The molecule has 2 aromatic heterocycles. The lowest BCUT2D eigenvalue weighted by atomic mass is 10.0. The molecule has 0 saturated heterocycles. The van der Waals surface area contributed by atoms with Gasteiger partial charge in [0, 0.05) is 22.7 Å². The molecule has 3 aromatic carbocycles. The van der Waals surface area contributed by atoms with Gasteiger partial charge in [-0.25, -0.2) is 9.78 Å². The predicted octanol–water partition coefficient (Wildman–Crippen LogP) is 6.61. The second-order valence-corrected chi connectivity index (χ2v) is 8.41. The van der Waals surface area contributed by atoms with Crippen LogP contribution in [0.3, 0.4) is 0 Å². The molecule has 5 rings (SSSR count). The molecule has 0 fully saturated rings. The van der Waals surface area contributed by atoms with Gasteiger partial charge in [0.25, 0.3) is 0 Å². The van der Waals surface area contributed by atoms with E-state index < -0.39 is 5.63 Å². The molecule has 0 saturated carbocycles. The van der Waals surface area contributed by atoms with E-state index in [2.05, 4.69) is 23.3 Å². The molecule has 2 heterocycles. The standard InChI is InChI=1S/C27H19N3O2S/c1-2-17-7-10-20(11-8-17)29-15-19(14-28)26-30-24(16-33-26)23-13-22-21-6-4-3-5-18(21)9-12-25(22)32-27(23)31/h3-13,15-16,29H,2H2,1H3. The molecule has 0 bridgehead atoms. The van der Waals surface area contributed by atoms with Crippen molar-refractivity contribution in [1.29, 1.82) is 5.26 Å². The largest absolute Gasteiger partial charge is 0.422 e. The lowest BCUT2D eigenvalue weighted by molar-refractivity contribution is 0.563. The minimum absolute atomic E-state index is 0.377. The normalized spacial score (nSPS) is 11.6. The summed E-state index contributed by atoms with van der Waals surface area (Å²) in [4.78, 5) is 17.3. The summed E-state index contributed by atoms with van der Waals surface area (Å²) in [5.41, 5.74) is 3.48. The van der Waals surface area contributed by atoms with Crippen LogP contribution in [0.25, 0.3) is 38.6 Å². The SMILES string of the molecule is CCc1ccc(NC=C(C#N)c2nc(-c3cc4c(ccc5ccccc54)oc3=O)cs2)cc1. The van der Waals surface area contributed by atoms with Gasteiger partial charge in [0.05, 0.1) is 11.3 Å². The first-order chi connectivity index (χ1) is 16.2. The van der Waals surface area contributed by atoms with Gasteiger partial charge in [-0.3, -0.25) is 0 Å². The van der Waals surface area contributed by atoms with Crippen molar-refractivity contribution in [3.8, 4) is 17.3 Å². The van der Waals surface area contributed by atoms with Gasteiger partial charge >= 0.3 is 5.63 Å². The first kappa shape index (κ1) is 20.7. The monoisotopic (exact) mass is 449 g/mol. The fourth-order valence-electron chi connectivity index (χ4n) is 3.71. The van der Waals surface area contributed by atoms with Crippen LogP contribution in [-0.4, -0.2) is 4.98 Å². The van der Waals surface area contributed by atoms with E-state index in [1.807, 2.05) is 66.7 Å². The molecular formula is C27H19N3O2S. The summed E-state index contributed by atoms with van der Waals surface area (Å²) >= 11 is 1.31. The Morgan fingerprint density at radius 1 is 1.12 bits per heavy atom. The molecule has 0 amide bonds. The van der Waals surface area contributed by atoms with Crippen LogP contribution < -0.4 is 10.9 Å². The van der Waals surface area contributed by atoms with Crippen molar-refractivity contribution in [2.24, 2.45) is 0 Å². The molecule has 6 heteroatoms. The Balaban J connectivity index is 1.50. The molecule has 0 spiro atoms. The van der Waals surface area contributed by atoms with Crippen molar-refractivity contribution in [3.63, 3.8) is 0 Å². The molecule has 160 valence electrons. The van der Waals surface area contributed by atoms with E-state index >= 15 is 0 Å². The zero-order valence-corrected chi connectivity index (χ0v) is 18.6. The summed E-state index contributed by atoms with van der Waals surface area (Å²) in [6, 6.07) is 23.8. The average Bonchev–Trinajstić information content (AvgIpc) is 3.34. The number of nitriles is 1. The van der Waals surface area contributed by atoms with Crippen LogP contribution in [0.5, 0.6) is 0 Å². The maximum atomic E-state index is 12.7. The fraction of sp³-hybridized carbons (Fsp3) is 0.0741. The number of nitrogens with one attached hydrogen (secondary N) is 1. The minimum Gasteiger partial charge on any atom is -0.422 e. The first-order valence-electron chi connectivity index (χ1n) is 10.5. The third kappa shape index (κ3) is 4.02.